The molecule has 0 spiro atoms. The van der Waals surface area contributed by atoms with Crippen molar-refractivity contribution in [1.82, 2.24) is 15.5 Å². The zero-order valence-electron chi connectivity index (χ0n) is 18.5. The van der Waals surface area contributed by atoms with E-state index >= 15 is 0 Å². The zero-order valence-corrected chi connectivity index (χ0v) is 18.5. The number of likely N-dealkylation sites (tertiary alicyclic amines) is 1. The molecule has 6 heteroatoms. The number of rotatable bonds is 6. The average molecular weight is 424 g/mol. The number of nitrogens with one attached hydrogen (secondary N) is 2. The lowest BCUT2D eigenvalue weighted by Gasteiger charge is -2.30. The van der Waals surface area contributed by atoms with E-state index in [1.165, 1.54) is 31.5 Å². The van der Waals surface area contributed by atoms with Crippen molar-refractivity contribution in [2.24, 2.45) is 5.92 Å². The summed E-state index contributed by atoms with van der Waals surface area (Å²) in [5.74, 6) is 2.34. The number of fused-ring (bicyclic) bond motifs is 1. The Morgan fingerprint density at radius 2 is 1.71 bits per heavy atom. The van der Waals surface area contributed by atoms with Gasteiger partial charge in [-0.1, -0.05) is 37.3 Å². The third-order valence-corrected chi connectivity index (χ3v) is 6.17. The zero-order chi connectivity index (χ0) is 21.6. The Labute approximate surface area is 184 Å². The largest absolute Gasteiger partial charge is 0.486 e. The lowest BCUT2D eigenvalue weighted by Crippen LogP contribution is -2.36. The van der Waals surface area contributed by atoms with Crippen molar-refractivity contribution in [3.8, 4) is 11.5 Å². The number of carbonyl (C=O) groups is 1. The van der Waals surface area contributed by atoms with Crippen LogP contribution in [-0.4, -0.2) is 37.2 Å². The molecule has 166 valence electrons. The van der Waals surface area contributed by atoms with Crippen LogP contribution in [0, 0.1) is 5.92 Å². The number of piperidine rings is 1. The lowest BCUT2D eigenvalue weighted by molar-refractivity contribution is 0.171. The van der Waals surface area contributed by atoms with E-state index in [9.17, 15) is 4.79 Å². The number of nitrogens with zero attached hydrogens (tertiary/aromatic N) is 1. The molecule has 2 N–H and O–H groups in total. The van der Waals surface area contributed by atoms with Crippen LogP contribution >= 0.6 is 0 Å². The molecule has 2 amide bonds. The second kappa shape index (κ2) is 10.1. The van der Waals surface area contributed by atoms with Gasteiger partial charge in [0.1, 0.15) is 13.2 Å². The molecule has 0 bridgehead atoms. The van der Waals surface area contributed by atoms with E-state index in [0.29, 0.717) is 19.8 Å². The first-order valence-corrected chi connectivity index (χ1v) is 11.3. The first-order valence-electron chi connectivity index (χ1n) is 11.3. The van der Waals surface area contributed by atoms with Crippen LogP contribution in [0.15, 0.2) is 42.5 Å². The van der Waals surface area contributed by atoms with Crippen molar-refractivity contribution >= 4 is 6.03 Å². The maximum Gasteiger partial charge on any atom is 0.315 e. The maximum atomic E-state index is 12.4. The average Bonchev–Trinajstić information content (AvgIpc) is 2.80. The predicted molar refractivity (Wildman–Crippen MR) is 121 cm³/mol. The van der Waals surface area contributed by atoms with Gasteiger partial charge in [-0.25, -0.2) is 4.79 Å². The van der Waals surface area contributed by atoms with Crippen LogP contribution in [0.1, 0.15) is 49.4 Å². The summed E-state index contributed by atoms with van der Waals surface area (Å²) in [6.45, 7) is 9.30. The number of hydrogen-bond acceptors (Lipinski definition) is 4. The van der Waals surface area contributed by atoms with E-state index in [2.05, 4.69) is 46.7 Å². The molecule has 2 aromatic carbocycles. The molecule has 1 saturated heterocycles. The Balaban J connectivity index is 1.23. The van der Waals surface area contributed by atoms with Crippen LogP contribution in [0.25, 0.3) is 0 Å². The molecule has 4 rings (SSSR count). The van der Waals surface area contributed by atoms with Crippen molar-refractivity contribution < 1.29 is 14.3 Å². The van der Waals surface area contributed by atoms with Gasteiger partial charge in [0.15, 0.2) is 11.5 Å². The molecule has 0 aliphatic carbocycles. The summed E-state index contributed by atoms with van der Waals surface area (Å²) < 4.78 is 11.2. The standard InChI is InChI=1S/C25H33N3O3/c1-18-9-11-28(12-10-18)17-21-5-3-20(4-6-21)16-26-25(29)27-19(2)22-7-8-23-24(15-22)31-14-13-30-23/h3-8,15,18-19H,9-14,16-17H2,1-2H3,(H2,26,27,29). The van der Waals surface area contributed by atoms with Crippen LogP contribution in [0.3, 0.4) is 0 Å². The molecule has 2 aliphatic rings. The van der Waals surface area contributed by atoms with Gasteiger partial charge in [-0.15, -0.1) is 0 Å². The van der Waals surface area contributed by atoms with Crippen LogP contribution in [0.4, 0.5) is 4.79 Å². The highest BCUT2D eigenvalue weighted by Gasteiger charge is 2.17. The molecule has 31 heavy (non-hydrogen) atoms. The third kappa shape index (κ3) is 5.91. The monoisotopic (exact) mass is 423 g/mol. The van der Waals surface area contributed by atoms with Crippen molar-refractivity contribution in [3.05, 3.63) is 59.2 Å². The Bertz CT molecular complexity index is 876. The second-order valence-corrected chi connectivity index (χ2v) is 8.73. The van der Waals surface area contributed by atoms with Gasteiger partial charge in [-0.2, -0.15) is 0 Å². The van der Waals surface area contributed by atoms with Gasteiger partial charge in [0.2, 0.25) is 0 Å². The van der Waals surface area contributed by atoms with Gasteiger partial charge in [0, 0.05) is 13.1 Å². The Morgan fingerprint density at radius 1 is 1.03 bits per heavy atom. The summed E-state index contributed by atoms with van der Waals surface area (Å²) in [7, 11) is 0. The molecule has 2 aromatic rings. The van der Waals surface area contributed by atoms with Crippen molar-refractivity contribution in [3.63, 3.8) is 0 Å². The van der Waals surface area contributed by atoms with Gasteiger partial charge in [-0.05, 0) is 67.6 Å². The number of amides is 2. The van der Waals surface area contributed by atoms with E-state index in [1.54, 1.807) is 0 Å². The highest BCUT2D eigenvalue weighted by atomic mass is 16.6. The minimum Gasteiger partial charge on any atom is -0.486 e. The first kappa shape index (κ1) is 21.5. The topological polar surface area (TPSA) is 62.8 Å². The van der Waals surface area contributed by atoms with E-state index in [1.807, 2.05) is 25.1 Å². The Kier molecular flexibility index (Phi) is 6.97. The second-order valence-electron chi connectivity index (χ2n) is 8.73. The quantitative estimate of drug-likeness (QED) is 0.729. The van der Waals surface area contributed by atoms with Gasteiger partial charge < -0.3 is 20.1 Å². The van der Waals surface area contributed by atoms with E-state index < -0.39 is 0 Å². The Hall–Kier alpha value is -2.73. The van der Waals surface area contributed by atoms with Gasteiger partial charge >= 0.3 is 6.03 Å². The third-order valence-electron chi connectivity index (χ3n) is 6.17. The summed E-state index contributed by atoms with van der Waals surface area (Å²) >= 11 is 0. The summed E-state index contributed by atoms with van der Waals surface area (Å²) in [6.07, 6.45) is 2.59. The van der Waals surface area contributed by atoms with Crippen LogP contribution in [-0.2, 0) is 13.1 Å². The van der Waals surface area contributed by atoms with Gasteiger partial charge in [-0.3, -0.25) is 4.90 Å². The summed E-state index contributed by atoms with van der Waals surface area (Å²) in [5, 5.41) is 5.94. The highest BCUT2D eigenvalue weighted by molar-refractivity contribution is 5.74. The molecular formula is C25H33N3O3. The highest BCUT2D eigenvalue weighted by Crippen LogP contribution is 2.32. The molecule has 0 radical (unpaired) electrons. The number of benzene rings is 2. The van der Waals surface area contributed by atoms with Crippen LogP contribution in [0.2, 0.25) is 0 Å². The molecule has 0 saturated carbocycles. The molecule has 1 unspecified atom stereocenters. The fourth-order valence-electron chi connectivity index (χ4n) is 4.08. The fourth-order valence-corrected chi connectivity index (χ4v) is 4.08. The number of hydrogen-bond donors (Lipinski definition) is 2. The molecule has 2 aliphatic heterocycles. The summed E-state index contributed by atoms with van der Waals surface area (Å²) in [6, 6.07) is 14.0. The first-order chi connectivity index (χ1) is 15.1. The number of carbonyl (C=O) groups excluding carboxylic acids is 1. The number of ether oxygens (including phenoxy) is 2. The summed E-state index contributed by atoms with van der Waals surface area (Å²) in [4.78, 5) is 14.9. The normalized spacial score (nSPS) is 17.7. The van der Waals surface area contributed by atoms with Crippen molar-refractivity contribution in [2.75, 3.05) is 26.3 Å². The van der Waals surface area contributed by atoms with E-state index in [4.69, 9.17) is 9.47 Å². The maximum absolute atomic E-state index is 12.4. The molecule has 1 atom stereocenters. The minimum atomic E-state index is -0.186. The van der Waals surface area contributed by atoms with Crippen molar-refractivity contribution in [2.45, 2.75) is 45.8 Å². The van der Waals surface area contributed by atoms with E-state index in [-0.39, 0.29) is 12.1 Å². The summed E-state index contributed by atoms with van der Waals surface area (Å²) in [5.41, 5.74) is 3.41. The molecule has 6 nitrogen and oxygen atoms in total. The lowest BCUT2D eigenvalue weighted by atomic mass is 9.99. The molecule has 1 fully saturated rings. The van der Waals surface area contributed by atoms with Crippen molar-refractivity contribution in [1.29, 1.82) is 0 Å². The van der Waals surface area contributed by atoms with Gasteiger partial charge in [0.25, 0.3) is 0 Å². The van der Waals surface area contributed by atoms with Gasteiger partial charge in [0.05, 0.1) is 6.04 Å². The Morgan fingerprint density at radius 3 is 2.45 bits per heavy atom. The minimum absolute atomic E-state index is 0.134. The molecular weight excluding hydrogens is 390 g/mol. The fraction of sp³-hybridized carbons (Fsp3) is 0.480. The molecule has 2 heterocycles. The number of urea groups is 1. The SMILES string of the molecule is CC1CCN(Cc2ccc(CNC(=O)NC(C)c3ccc4c(c3)OCCO4)cc2)CC1. The predicted octanol–water partition coefficient (Wildman–Crippen LogP) is 4.25. The smallest absolute Gasteiger partial charge is 0.315 e. The van der Waals surface area contributed by atoms with Crippen LogP contribution in [0.5, 0.6) is 11.5 Å². The van der Waals surface area contributed by atoms with E-state index in [0.717, 1.165) is 35.1 Å². The van der Waals surface area contributed by atoms with Crippen LogP contribution < -0.4 is 20.1 Å². The molecule has 0 aromatic heterocycles.